The van der Waals surface area contributed by atoms with E-state index in [9.17, 15) is 4.79 Å². The summed E-state index contributed by atoms with van der Waals surface area (Å²) in [4.78, 5) is 21.9. The Balaban J connectivity index is 1.25. The topological polar surface area (TPSA) is 50.6 Å². The molecule has 3 aromatic rings. The van der Waals surface area contributed by atoms with Gasteiger partial charge in [0, 0.05) is 45.5 Å². The summed E-state index contributed by atoms with van der Waals surface area (Å²) >= 11 is 0. The van der Waals surface area contributed by atoms with Crippen molar-refractivity contribution >= 4 is 16.6 Å². The molecule has 0 aliphatic carbocycles. The van der Waals surface area contributed by atoms with E-state index in [-0.39, 0.29) is 5.56 Å². The van der Waals surface area contributed by atoms with Crippen LogP contribution in [-0.4, -0.2) is 53.8 Å². The molecule has 6 heteroatoms. The molecule has 0 bridgehead atoms. The van der Waals surface area contributed by atoms with Crippen molar-refractivity contribution in [1.82, 2.24) is 14.5 Å². The molecule has 158 valence electrons. The summed E-state index contributed by atoms with van der Waals surface area (Å²) in [5.74, 6) is 1.44. The molecule has 4 rings (SSSR count). The van der Waals surface area contributed by atoms with Crippen molar-refractivity contribution in [3.63, 3.8) is 0 Å². The lowest BCUT2D eigenvalue weighted by molar-refractivity contribution is 0.225. The number of fused-ring (bicyclic) bond motifs is 1. The molecule has 0 N–H and O–H groups in total. The number of aryl methyl sites for hydroxylation is 2. The van der Waals surface area contributed by atoms with Crippen LogP contribution in [0, 0.1) is 13.8 Å². The molecule has 1 fully saturated rings. The average molecular weight is 407 g/mol. The number of anilines is 1. The van der Waals surface area contributed by atoms with E-state index in [1.807, 2.05) is 25.1 Å². The molecule has 0 radical (unpaired) electrons. The van der Waals surface area contributed by atoms with Crippen molar-refractivity contribution in [2.75, 3.05) is 44.2 Å². The molecule has 30 heavy (non-hydrogen) atoms. The predicted molar refractivity (Wildman–Crippen MR) is 122 cm³/mol. The summed E-state index contributed by atoms with van der Waals surface area (Å²) in [5.41, 5.74) is 3.32. The Bertz CT molecular complexity index is 1080. The van der Waals surface area contributed by atoms with Crippen LogP contribution in [0.3, 0.4) is 0 Å². The Morgan fingerprint density at radius 1 is 1.03 bits per heavy atom. The second-order valence-corrected chi connectivity index (χ2v) is 8.07. The number of benzene rings is 2. The number of rotatable bonds is 6. The lowest BCUT2D eigenvalue weighted by Crippen LogP contribution is -2.46. The molecule has 6 nitrogen and oxygen atoms in total. The largest absolute Gasteiger partial charge is 0.494 e. The molecule has 0 unspecified atom stereocenters. The quantitative estimate of drug-likeness (QED) is 0.589. The first kappa shape index (κ1) is 20.4. The van der Waals surface area contributed by atoms with Crippen molar-refractivity contribution in [2.45, 2.75) is 20.3 Å². The lowest BCUT2D eigenvalue weighted by Gasteiger charge is -2.36. The number of hydrogen-bond donors (Lipinski definition) is 0. The highest BCUT2D eigenvalue weighted by atomic mass is 16.5. The van der Waals surface area contributed by atoms with E-state index in [2.05, 4.69) is 46.0 Å². The van der Waals surface area contributed by atoms with Crippen LogP contribution in [0.4, 0.5) is 5.69 Å². The van der Waals surface area contributed by atoms with Gasteiger partial charge in [0.15, 0.2) is 0 Å². The Morgan fingerprint density at radius 3 is 2.60 bits per heavy atom. The van der Waals surface area contributed by atoms with Gasteiger partial charge in [-0.3, -0.25) is 14.3 Å². The van der Waals surface area contributed by atoms with Gasteiger partial charge in [0.2, 0.25) is 0 Å². The second kappa shape index (κ2) is 8.88. The maximum absolute atomic E-state index is 12.4. The Labute approximate surface area is 177 Å². The standard InChI is InChI=1S/C24H30N4O2/c1-18-6-4-7-20(16-18)28-13-11-27(12-14-28)10-5-15-30-21-8-9-23-22(17-21)24(29)26(3)19(2)25-23/h4,6-9,16-17H,5,10-15H2,1-3H3. The van der Waals surface area contributed by atoms with Crippen LogP contribution >= 0.6 is 0 Å². The van der Waals surface area contributed by atoms with Crippen LogP contribution in [0.25, 0.3) is 10.9 Å². The fourth-order valence-electron chi connectivity index (χ4n) is 3.98. The predicted octanol–water partition coefficient (Wildman–Crippen LogP) is 3.14. The summed E-state index contributed by atoms with van der Waals surface area (Å²) in [5, 5.41) is 0.605. The van der Waals surface area contributed by atoms with E-state index in [0.29, 0.717) is 17.8 Å². The van der Waals surface area contributed by atoms with E-state index < -0.39 is 0 Å². The Morgan fingerprint density at radius 2 is 1.83 bits per heavy atom. The first-order valence-corrected chi connectivity index (χ1v) is 10.7. The molecule has 2 aromatic carbocycles. The maximum Gasteiger partial charge on any atom is 0.261 e. The number of aromatic nitrogens is 2. The SMILES string of the molecule is Cc1cccc(N2CCN(CCCOc3ccc4nc(C)n(C)c(=O)c4c3)CC2)c1. The van der Waals surface area contributed by atoms with E-state index in [0.717, 1.165) is 50.4 Å². The van der Waals surface area contributed by atoms with Crippen LogP contribution in [0.2, 0.25) is 0 Å². The smallest absolute Gasteiger partial charge is 0.261 e. The zero-order valence-corrected chi connectivity index (χ0v) is 18.1. The van der Waals surface area contributed by atoms with Gasteiger partial charge in [-0.1, -0.05) is 12.1 Å². The van der Waals surface area contributed by atoms with Gasteiger partial charge in [0.1, 0.15) is 11.6 Å². The maximum atomic E-state index is 12.4. The highest BCUT2D eigenvalue weighted by Crippen LogP contribution is 2.19. The molecule has 1 aliphatic rings. The summed E-state index contributed by atoms with van der Waals surface area (Å²) in [6.07, 6.45) is 0.965. The molecule has 0 saturated carbocycles. The molecule has 1 aromatic heterocycles. The van der Waals surface area contributed by atoms with E-state index in [4.69, 9.17) is 4.74 Å². The molecule has 0 spiro atoms. The second-order valence-electron chi connectivity index (χ2n) is 8.07. The van der Waals surface area contributed by atoms with Crippen LogP contribution < -0.4 is 15.2 Å². The summed E-state index contributed by atoms with van der Waals surface area (Å²) in [6.45, 7) is 9.92. The van der Waals surface area contributed by atoms with Gasteiger partial charge in [-0.15, -0.1) is 0 Å². The van der Waals surface area contributed by atoms with Crippen LogP contribution in [0.15, 0.2) is 47.3 Å². The normalized spacial score (nSPS) is 15.0. The molecule has 0 amide bonds. The zero-order valence-electron chi connectivity index (χ0n) is 18.1. The highest BCUT2D eigenvalue weighted by Gasteiger charge is 2.17. The Hall–Kier alpha value is -2.86. The molecule has 1 aliphatic heterocycles. The van der Waals surface area contributed by atoms with Gasteiger partial charge in [-0.2, -0.15) is 0 Å². The fourth-order valence-corrected chi connectivity index (χ4v) is 3.98. The van der Waals surface area contributed by atoms with Gasteiger partial charge in [0.05, 0.1) is 17.5 Å². The van der Waals surface area contributed by atoms with Crippen LogP contribution in [0.1, 0.15) is 17.8 Å². The van der Waals surface area contributed by atoms with E-state index in [1.54, 1.807) is 11.6 Å². The van der Waals surface area contributed by atoms with Crippen molar-refractivity contribution in [1.29, 1.82) is 0 Å². The molecular formula is C24H30N4O2. The van der Waals surface area contributed by atoms with Crippen molar-refractivity contribution in [3.8, 4) is 5.75 Å². The van der Waals surface area contributed by atoms with Gasteiger partial charge in [-0.25, -0.2) is 4.98 Å². The van der Waals surface area contributed by atoms with E-state index >= 15 is 0 Å². The third-order valence-corrected chi connectivity index (χ3v) is 5.90. The number of nitrogens with zero attached hydrogens (tertiary/aromatic N) is 4. The van der Waals surface area contributed by atoms with Crippen molar-refractivity contribution in [2.24, 2.45) is 7.05 Å². The number of hydrogen-bond acceptors (Lipinski definition) is 5. The first-order valence-electron chi connectivity index (χ1n) is 10.7. The monoisotopic (exact) mass is 406 g/mol. The molecule has 0 atom stereocenters. The Kier molecular flexibility index (Phi) is 6.04. The molecule has 1 saturated heterocycles. The van der Waals surface area contributed by atoms with Gasteiger partial charge >= 0.3 is 0 Å². The molecule has 2 heterocycles. The zero-order chi connectivity index (χ0) is 21.1. The van der Waals surface area contributed by atoms with Crippen molar-refractivity contribution in [3.05, 3.63) is 64.2 Å². The number of ether oxygens (including phenoxy) is 1. The molecular weight excluding hydrogens is 376 g/mol. The lowest BCUT2D eigenvalue weighted by atomic mass is 10.2. The summed E-state index contributed by atoms with van der Waals surface area (Å²) < 4.78 is 7.49. The van der Waals surface area contributed by atoms with Gasteiger partial charge in [-0.05, 0) is 56.2 Å². The summed E-state index contributed by atoms with van der Waals surface area (Å²) in [6, 6.07) is 14.3. The fraction of sp³-hybridized carbons (Fsp3) is 0.417. The third-order valence-electron chi connectivity index (χ3n) is 5.90. The third kappa shape index (κ3) is 4.49. The van der Waals surface area contributed by atoms with Crippen LogP contribution in [0.5, 0.6) is 5.75 Å². The van der Waals surface area contributed by atoms with Gasteiger partial charge in [0.25, 0.3) is 5.56 Å². The van der Waals surface area contributed by atoms with Crippen LogP contribution in [-0.2, 0) is 7.05 Å². The minimum Gasteiger partial charge on any atom is -0.494 e. The first-order chi connectivity index (χ1) is 14.5. The highest BCUT2D eigenvalue weighted by molar-refractivity contribution is 5.79. The van der Waals surface area contributed by atoms with E-state index in [1.165, 1.54) is 11.3 Å². The summed E-state index contributed by atoms with van der Waals surface area (Å²) in [7, 11) is 1.75. The minimum atomic E-state index is -0.0329. The average Bonchev–Trinajstić information content (AvgIpc) is 2.76. The number of piperazine rings is 1. The minimum absolute atomic E-state index is 0.0329. The van der Waals surface area contributed by atoms with Crippen molar-refractivity contribution < 1.29 is 4.74 Å². The van der Waals surface area contributed by atoms with Gasteiger partial charge < -0.3 is 9.64 Å².